The Labute approximate surface area is 114 Å². The van der Waals surface area contributed by atoms with Crippen molar-refractivity contribution >= 4 is 14.0 Å². The zero-order valence-corrected chi connectivity index (χ0v) is 14.2. The first-order valence-electron chi connectivity index (χ1n) is 6.94. The Bertz CT molecular complexity index is 318. The average Bonchev–Trinajstić information content (AvgIpc) is 2.33. The van der Waals surface area contributed by atoms with Gasteiger partial charge in [0, 0.05) is 5.41 Å². The third-order valence-corrected chi connectivity index (χ3v) is 4.37. The van der Waals surface area contributed by atoms with E-state index in [0.29, 0.717) is 6.54 Å². The Morgan fingerprint density at radius 3 is 1.94 bits per heavy atom. The molecule has 0 unspecified atom stereocenters. The zero-order chi connectivity index (χ0) is 14.2. The van der Waals surface area contributed by atoms with Crippen LogP contribution in [0.4, 0.5) is 0 Å². The van der Waals surface area contributed by atoms with Crippen molar-refractivity contribution in [2.24, 2.45) is 10.4 Å². The monoisotopic (exact) mass is 267 g/mol. The second kappa shape index (κ2) is 7.63. The Morgan fingerprint density at radius 1 is 1.11 bits per heavy atom. The number of methoxy groups -OCH3 is 1. The van der Waals surface area contributed by atoms with E-state index in [2.05, 4.69) is 56.9 Å². The molecule has 0 saturated heterocycles. The first-order chi connectivity index (χ1) is 8.35. The first kappa shape index (κ1) is 17.2. The van der Waals surface area contributed by atoms with Gasteiger partial charge in [0.15, 0.2) is 5.90 Å². The van der Waals surface area contributed by atoms with Crippen LogP contribution in [0.3, 0.4) is 0 Å². The van der Waals surface area contributed by atoms with Crippen molar-refractivity contribution in [3.8, 4) is 11.5 Å². The molecule has 0 N–H and O–H groups in total. The molecule has 3 heteroatoms. The number of hydrogen-bond acceptors (Lipinski definition) is 2. The maximum Gasteiger partial charge on any atom is 0.190 e. The van der Waals surface area contributed by atoms with Crippen LogP contribution in [0.25, 0.3) is 0 Å². The van der Waals surface area contributed by atoms with E-state index in [4.69, 9.17) is 4.74 Å². The van der Waals surface area contributed by atoms with Crippen molar-refractivity contribution in [2.45, 2.75) is 59.7 Å². The minimum absolute atomic E-state index is 0.0928. The topological polar surface area (TPSA) is 21.6 Å². The second-order valence-corrected chi connectivity index (χ2v) is 10.5. The largest absolute Gasteiger partial charge is 0.484 e. The molecule has 0 saturated carbocycles. The lowest BCUT2D eigenvalue weighted by atomic mass is 9.79. The molecule has 0 aliphatic heterocycles. The highest BCUT2D eigenvalue weighted by Gasteiger charge is 2.31. The van der Waals surface area contributed by atoms with Gasteiger partial charge in [-0.05, 0) is 19.3 Å². The molecule has 0 bridgehead atoms. The summed E-state index contributed by atoms with van der Waals surface area (Å²) in [7, 11) is 0.441. The number of hydrogen-bond donors (Lipinski definition) is 0. The van der Waals surface area contributed by atoms with Crippen molar-refractivity contribution in [3.05, 3.63) is 0 Å². The summed E-state index contributed by atoms with van der Waals surface area (Å²) in [4.78, 5) is 4.57. The van der Waals surface area contributed by atoms with Crippen molar-refractivity contribution in [1.82, 2.24) is 0 Å². The number of ether oxygens (including phenoxy) is 1. The van der Waals surface area contributed by atoms with Crippen LogP contribution in [0.5, 0.6) is 0 Å². The molecule has 104 valence electrons. The minimum Gasteiger partial charge on any atom is -0.484 e. The summed E-state index contributed by atoms with van der Waals surface area (Å²) in [6, 6.07) is 0. The Balaban J connectivity index is 4.90. The van der Waals surface area contributed by atoms with Crippen LogP contribution < -0.4 is 0 Å². The molecule has 0 atom stereocenters. The SMILES string of the molecule is CCC(CC)(CC)C(=NCC#C[Si](C)(C)C)OC. The quantitative estimate of drug-likeness (QED) is 0.318. The molecule has 0 fully saturated rings. The van der Waals surface area contributed by atoms with Gasteiger partial charge in [-0.2, -0.15) is 0 Å². The predicted octanol–water partition coefficient (Wildman–Crippen LogP) is 4.13. The third kappa shape index (κ3) is 5.26. The van der Waals surface area contributed by atoms with Gasteiger partial charge in [0.1, 0.15) is 14.6 Å². The van der Waals surface area contributed by atoms with E-state index in [0.717, 1.165) is 25.2 Å². The predicted molar refractivity (Wildman–Crippen MR) is 83.7 cm³/mol. The smallest absolute Gasteiger partial charge is 0.190 e. The molecule has 0 radical (unpaired) electrons. The van der Waals surface area contributed by atoms with Gasteiger partial charge < -0.3 is 4.74 Å². The molecule has 0 heterocycles. The lowest BCUT2D eigenvalue weighted by Gasteiger charge is -2.30. The van der Waals surface area contributed by atoms with E-state index >= 15 is 0 Å². The summed E-state index contributed by atoms with van der Waals surface area (Å²) in [6.07, 6.45) is 3.19. The Kier molecular flexibility index (Phi) is 7.31. The van der Waals surface area contributed by atoms with Crippen LogP contribution in [-0.4, -0.2) is 27.6 Å². The first-order valence-corrected chi connectivity index (χ1v) is 10.4. The van der Waals surface area contributed by atoms with Crippen molar-refractivity contribution in [2.75, 3.05) is 13.7 Å². The molecule has 0 aromatic rings. The van der Waals surface area contributed by atoms with Crippen LogP contribution in [-0.2, 0) is 4.74 Å². The van der Waals surface area contributed by atoms with Crippen LogP contribution in [0.1, 0.15) is 40.0 Å². The lowest BCUT2D eigenvalue weighted by molar-refractivity contribution is 0.268. The number of aliphatic imine (C=N–C) groups is 1. The molecule has 0 aromatic heterocycles. The molecule has 0 spiro atoms. The van der Waals surface area contributed by atoms with Crippen LogP contribution in [0.2, 0.25) is 19.6 Å². The highest BCUT2D eigenvalue weighted by molar-refractivity contribution is 6.83. The Hall–Kier alpha value is -0.753. The fourth-order valence-electron chi connectivity index (χ4n) is 2.07. The van der Waals surface area contributed by atoms with Crippen molar-refractivity contribution in [1.29, 1.82) is 0 Å². The summed E-state index contributed by atoms with van der Waals surface area (Å²) >= 11 is 0. The van der Waals surface area contributed by atoms with Gasteiger partial charge in [-0.15, -0.1) is 5.54 Å². The van der Waals surface area contributed by atoms with Crippen LogP contribution >= 0.6 is 0 Å². The summed E-state index contributed by atoms with van der Waals surface area (Å²) < 4.78 is 5.51. The van der Waals surface area contributed by atoms with E-state index in [1.165, 1.54) is 0 Å². The molecule has 0 aliphatic carbocycles. The van der Waals surface area contributed by atoms with E-state index in [1.54, 1.807) is 7.11 Å². The molecule has 0 aromatic carbocycles. The molecule has 0 rings (SSSR count). The van der Waals surface area contributed by atoms with Crippen LogP contribution in [0, 0.1) is 16.9 Å². The van der Waals surface area contributed by atoms with Gasteiger partial charge in [-0.1, -0.05) is 46.3 Å². The number of nitrogens with zero attached hydrogens (tertiary/aromatic N) is 1. The standard InChI is InChI=1S/C15H29NOSi/c1-8-15(9-2,10-3)14(17-4)16-12-11-13-18(5,6)7/h8-10,12H2,1-7H3. The molecule has 0 aliphatic rings. The van der Waals surface area contributed by atoms with Crippen LogP contribution in [0.15, 0.2) is 4.99 Å². The summed E-state index contributed by atoms with van der Waals surface area (Å²) in [5.41, 5.74) is 3.43. The highest BCUT2D eigenvalue weighted by Crippen LogP contribution is 2.32. The molecule has 0 amide bonds. The van der Waals surface area contributed by atoms with E-state index in [9.17, 15) is 0 Å². The highest BCUT2D eigenvalue weighted by atomic mass is 28.3. The van der Waals surface area contributed by atoms with Gasteiger partial charge in [0.2, 0.25) is 0 Å². The second-order valence-electron chi connectivity index (χ2n) is 5.72. The summed E-state index contributed by atoms with van der Waals surface area (Å²) in [5.74, 6) is 4.05. The van der Waals surface area contributed by atoms with Gasteiger partial charge in [0.25, 0.3) is 0 Å². The lowest BCUT2D eigenvalue weighted by Crippen LogP contribution is -2.31. The minimum atomic E-state index is -1.28. The zero-order valence-electron chi connectivity index (χ0n) is 13.2. The molecular weight excluding hydrogens is 238 g/mol. The summed E-state index contributed by atoms with van der Waals surface area (Å²) in [5, 5.41) is 0. The fraction of sp³-hybridized carbons (Fsp3) is 0.800. The van der Waals surface area contributed by atoms with Gasteiger partial charge in [0.05, 0.1) is 7.11 Å². The number of rotatable bonds is 5. The molecule has 2 nitrogen and oxygen atoms in total. The maximum atomic E-state index is 5.51. The Morgan fingerprint density at radius 2 is 1.61 bits per heavy atom. The maximum absolute atomic E-state index is 5.51. The third-order valence-electron chi connectivity index (χ3n) is 3.44. The summed E-state index contributed by atoms with van der Waals surface area (Å²) in [6.45, 7) is 13.9. The van der Waals surface area contributed by atoms with E-state index in [-0.39, 0.29) is 5.41 Å². The van der Waals surface area contributed by atoms with Gasteiger partial charge >= 0.3 is 0 Å². The normalized spacial score (nSPS) is 12.9. The molecule has 18 heavy (non-hydrogen) atoms. The van der Waals surface area contributed by atoms with E-state index in [1.807, 2.05) is 0 Å². The van der Waals surface area contributed by atoms with Gasteiger partial charge in [-0.25, -0.2) is 4.99 Å². The van der Waals surface area contributed by atoms with Crippen molar-refractivity contribution < 1.29 is 4.74 Å². The molecular formula is C15H29NOSi. The fourth-order valence-corrected chi connectivity index (χ4v) is 2.68. The van der Waals surface area contributed by atoms with E-state index < -0.39 is 8.07 Å². The van der Waals surface area contributed by atoms with Crippen molar-refractivity contribution in [3.63, 3.8) is 0 Å². The van der Waals surface area contributed by atoms with Gasteiger partial charge in [-0.3, -0.25) is 0 Å². The average molecular weight is 267 g/mol.